The van der Waals surface area contributed by atoms with Gasteiger partial charge in [-0.25, -0.2) is 18.1 Å². The van der Waals surface area contributed by atoms with Gasteiger partial charge in [-0.1, -0.05) is 0 Å². The highest BCUT2D eigenvalue weighted by molar-refractivity contribution is 7.89. The van der Waals surface area contributed by atoms with Crippen LogP contribution >= 0.6 is 0 Å². The van der Waals surface area contributed by atoms with E-state index < -0.39 is 10.0 Å². The molecule has 0 aromatic carbocycles. The average Bonchev–Trinajstić information content (AvgIpc) is 3.28. The number of nitrogens with one attached hydrogen (secondary N) is 2. The van der Waals surface area contributed by atoms with E-state index >= 15 is 0 Å². The van der Waals surface area contributed by atoms with Crippen molar-refractivity contribution >= 4 is 15.8 Å². The number of nitrogens with zero attached hydrogens (tertiary/aromatic N) is 1. The molecule has 0 bridgehead atoms. The lowest BCUT2D eigenvalue weighted by Gasteiger charge is -2.11. The number of pyridine rings is 1. The van der Waals surface area contributed by atoms with Crippen molar-refractivity contribution < 1.29 is 13.2 Å². The number of sulfonamides is 1. The average molecular weight is 313 g/mol. The molecular formula is C14H23N3O3S. The third-order valence-corrected chi connectivity index (χ3v) is 4.71. The summed E-state index contributed by atoms with van der Waals surface area (Å²) < 4.78 is 32.6. The van der Waals surface area contributed by atoms with E-state index in [2.05, 4.69) is 15.0 Å². The normalized spacial score (nSPS) is 15.1. The van der Waals surface area contributed by atoms with Gasteiger partial charge in [0.2, 0.25) is 10.0 Å². The largest absolute Gasteiger partial charge is 0.381 e. The van der Waals surface area contributed by atoms with Crippen LogP contribution in [0.4, 0.5) is 5.82 Å². The zero-order chi connectivity index (χ0) is 15.1. The predicted molar refractivity (Wildman–Crippen MR) is 81.7 cm³/mol. The molecule has 7 heteroatoms. The van der Waals surface area contributed by atoms with E-state index in [1.165, 1.54) is 12.8 Å². The fourth-order valence-corrected chi connectivity index (χ4v) is 3.11. The number of aromatic nitrogens is 1. The highest BCUT2D eigenvalue weighted by Gasteiger charge is 2.21. The lowest BCUT2D eigenvalue weighted by Crippen LogP contribution is -2.26. The molecule has 118 valence electrons. The minimum absolute atomic E-state index is 0.186. The van der Waals surface area contributed by atoms with Crippen molar-refractivity contribution in [3.63, 3.8) is 0 Å². The first kappa shape index (κ1) is 16.2. The van der Waals surface area contributed by atoms with Crippen molar-refractivity contribution in [3.05, 3.63) is 18.3 Å². The van der Waals surface area contributed by atoms with Crippen LogP contribution < -0.4 is 10.0 Å². The monoisotopic (exact) mass is 313 g/mol. The maximum absolute atomic E-state index is 12.2. The molecule has 21 heavy (non-hydrogen) atoms. The van der Waals surface area contributed by atoms with E-state index in [0.29, 0.717) is 31.9 Å². The van der Waals surface area contributed by atoms with E-state index in [4.69, 9.17) is 4.74 Å². The highest BCUT2D eigenvalue weighted by atomic mass is 32.2. The van der Waals surface area contributed by atoms with Crippen LogP contribution in [-0.4, -0.2) is 39.7 Å². The second kappa shape index (κ2) is 7.72. The summed E-state index contributed by atoms with van der Waals surface area (Å²) in [4.78, 5) is 4.25. The zero-order valence-corrected chi connectivity index (χ0v) is 13.2. The van der Waals surface area contributed by atoms with Crippen LogP contribution in [0.2, 0.25) is 0 Å². The lowest BCUT2D eigenvalue weighted by atomic mass is 10.4. The molecule has 1 aromatic heterocycles. The number of ether oxygens (including phenoxy) is 1. The first-order valence-electron chi connectivity index (χ1n) is 7.40. The van der Waals surface area contributed by atoms with Gasteiger partial charge in [-0.3, -0.25) is 0 Å². The molecule has 0 atom stereocenters. The van der Waals surface area contributed by atoms with Crippen LogP contribution in [0.15, 0.2) is 23.2 Å². The molecule has 0 amide bonds. The summed E-state index contributed by atoms with van der Waals surface area (Å²) in [6, 6.07) is 3.17. The van der Waals surface area contributed by atoms with Gasteiger partial charge >= 0.3 is 0 Å². The van der Waals surface area contributed by atoms with Crippen molar-refractivity contribution in [2.75, 3.05) is 31.6 Å². The molecule has 0 spiro atoms. The molecule has 1 saturated carbocycles. The van der Waals surface area contributed by atoms with Crippen LogP contribution in [0.3, 0.4) is 0 Å². The fourth-order valence-electron chi connectivity index (χ4n) is 1.90. The molecule has 1 heterocycles. The number of anilines is 1. The Kier molecular flexibility index (Phi) is 5.96. The van der Waals surface area contributed by atoms with E-state index in [0.717, 1.165) is 12.5 Å². The van der Waals surface area contributed by atoms with Crippen molar-refractivity contribution in [2.45, 2.75) is 31.1 Å². The summed E-state index contributed by atoms with van der Waals surface area (Å²) in [7, 11) is -3.53. The maximum atomic E-state index is 12.2. The summed E-state index contributed by atoms with van der Waals surface area (Å²) in [5, 5.41) is 2.96. The molecule has 1 aliphatic carbocycles. The Morgan fingerprint density at radius 2 is 2.24 bits per heavy atom. The van der Waals surface area contributed by atoms with E-state index in [-0.39, 0.29) is 4.90 Å². The topological polar surface area (TPSA) is 80.3 Å². The molecule has 6 nitrogen and oxygen atoms in total. The molecular weight excluding hydrogens is 290 g/mol. The molecule has 1 aliphatic rings. The standard InChI is InChI=1S/C14H23N3O3S/c1-2-15-14-13(5-3-8-16-14)21(18,19)17-9-4-10-20-11-12-6-7-12/h3,5,8,12,17H,2,4,6-7,9-11H2,1H3,(H,15,16). The van der Waals surface area contributed by atoms with Gasteiger partial charge in [0, 0.05) is 32.5 Å². The number of hydrogen-bond donors (Lipinski definition) is 2. The highest BCUT2D eigenvalue weighted by Crippen LogP contribution is 2.28. The first-order valence-corrected chi connectivity index (χ1v) is 8.88. The third-order valence-electron chi connectivity index (χ3n) is 3.21. The molecule has 2 rings (SSSR count). The summed E-state index contributed by atoms with van der Waals surface area (Å²) in [5.41, 5.74) is 0. The lowest BCUT2D eigenvalue weighted by molar-refractivity contribution is 0.123. The van der Waals surface area contributed by atoms with Gasteiger partial charge in [-0.05, 0) is 44.2 Å². The van der Waals surface area contributed by atoms with E-state index in [1.54, 1.807) is 18.3 Å². The molecule has 0 aliphatic heterocycles. The Bertz CT molecular complexity index is 544. The first-order chi connectivity index (χ1) is 10.1. The summed E-state index contributed by atoms with van der Waals surface area (Å²) in [5.74, 6) is 1.12. The van der Waals surface area contributed by atoms with Crippen LogP contribution in [0, 0.1) is 5.92 Å². The van der Waals surface area contributed by atoms with Gasteiger partial charge in [-0.15, -0.1) is 0 Å². The van der Waals surface area contributed by atoms with E-state index in [9.17, 15) is 8.42 Å². The Morgan fingerprint density at radius 1 is 1.43 bits per heavy atom. The van der Waals surface area contributed by atoms with Gasteiger partial charge in [0.15, 0.2) is 0 Å². The third kappa shape index (κ3) is 5.26. The minimum Gasteiger partial charge on any atom is -0.381 e. The fraction of sp³-hybridized carbons (Fsp3) is 0.643. The van der Waals surface area contributed by atoms with Gasteiger partial charge in [0.25, 0.3) is 0 Å². The summed E-state index contributed by atoms with van der Waals surface area (Å²) >= 11 is 0. The molecule has 0 unspecified atom stereocenters. The molecule has 2 N–H and O–H groups in total. The Balaban J connectivity index is 1.80. The quantitative estimate of drug-likeness (QED) is 0.641. The number of rotatable bonds is 10. The van der Waals surface area contributed by atoms with Gasteiger partial charge in [0.1, 0.15) is 10.7 Å². The SMILES string of the molecule is CCNc1ncccc1S(=O)(=O)NCCCOCC1CC1. The molecule has 1 fully saturated rings. The second-order valence-corrected chi connectivity index (χ2v) is 6.89. The van der Waals surface area contributed by atoms with Crippen LogP contribution in [0.5, 0.6) is 0 Å². The Labute approximate surface area is 126 Å². The number of hydrogen-bond acceptors (Lipinski definition) is 5. The summed E-state index contributed by atoms with van der Waals surface area (Å²) in [6.07, 6.45) is 4.77. The maximum Gasteiger partial charge on any atom is 0.244 e. The van der Waals surface area contributed by atoms with Gasteiger partial charge < -0.3 is 10.1 Å². The van der Waals surface area contributed by atoms with Gasteiger partial charge in [-0.2, -0.15) is 0 Å². The smallest absolute Gasteiger partial charge is 0.244 e. The Morgan fingerprint density at radius 3 is 2.95 bits per heavy atom. The molecule has 0 radical (unpaired) electrons. The van der Waals surface area contributed by atoms with E-state index in [1.807, 2.05) is 6.92 Å². The molecule has 1 aromatic rings. The van der Waals surface area contributed by atoms with Gasteiger partial charge in [0.05, 0.1) is 0 Å². The second-order valence-electron chi connectivity index (χ2n) is 5.15. The zero-order valence-electron chi connectivity index (χ0n) is 12.3. The Hall–Kier alpha value is -1.18. The van der Waals surface area contributed by atoms with Crippen LogP contribution in [0.1, 0.15) is 26.2 Å². The summed E-state index contributed by atoms with van der Waals surface area (Å²) in [6.45, 7) is 4.28. The predicted octanol–water partition coefficient (Wildman–Crippen LogP) is 1.61. The van der Waals surface area contributed by atoms with Crippen LogP contribution in [0.25, 0.3) is 0 Å². The molecule has 0 saturated heterocycles. The van der Waals surface area contributed by atoms with Crippen molar-refractivity contribution in [2.24, 2.45) is 5.92 Å². The van der Waals surface area contributed by atoms with Crippen molar-refractivity contribution in [1.29, 1.82) is 0 Å². The van der Waals surface area contributed by atoms with Crippen LogP contribution in [-0.2, 0) is 14.8 Å². The minimum atomic E-state index is -3.53. The van der Waals surface area contributed by atoms with Crippen molar-refractivity contribution in [1.82, 2.24) is 9.71 Å². The van der Waals surface area contributed by atoms with Crippen molar-refractivity contribution in [3.8, 4) is 0 Å².